The molecule has 0 aromatic rings. The summed E-state index contributed by atoms with van der Waals surface area (Å²) in [7, 11) is 0. The van der Waals surface area contributed by atoms with Crippen LogP contribution in [-0.4, -0.2) is 34.0 Å². The Morgan fingerprint density at radius 2 is 2.00 bits per heavy atom. The molecular weight excluding hydrogens is 202 g/mol. The van der Waals surface area contributed by atoms with Gasteiger partial charge in [-0.05, 0) is 19.6 Å². The van der Waals surface area contributed by atoms with Gasteiger partial charge in [0.2, 0.25) is 5.91 Å². The van der Waals surface area contributed by atoms with Gasteiger partial charge in [0.25, 0.3) is 0 Å². The molecule has 5 heteroatoms. The first kappa shape index (κ1) is 13.3. The van der Waals surface area contributed by atoms with Crippen LogP contribution in [0.25, 0.3) is 0 Å². The van der Waals surface area contributed by atoms with Gasteiger partial charge in [0.1, 0.15) is 0 Å². The van der Waals surface area contributed by atoms with E-state index in [2.05, 4.69) is 5.32 Å². The molecule has 0 bridgehead atoms. The number of carboxylic acids is 1. The number of rotatable bonds is 6. The van der Waals surface area contributed by atoms with E-state index in [1.54, 1.807) is 0 Å². The van der Waals surface area contributed by atoms with E-state index < -0.39 is 11.2 Å². The molecule has 0 saturated heterocycles. The van der Waals surface area contributed by atoms with Crippen molar-refractivity contribution < 1.29 is 14.7 Å². The van der Waals surface area contributed by atoms with E-state index in [0.717, 1.165) is 5.75 Å². The Morgan fingerprint density at radius 3 is 2.36 bits per heavy atom. The molecule has 0 rings (SSSR count). The molecule has 0 aromatic carbocycles. The predicted octanol–water partition coefficient (Wildman–Crippen LogP) is 1.11. The van der Waals surface area contributed by atoms with E-state index >= 15 is 0 Å². The van der Waals surface area contributed by atoms with E-state index in [4.69, 9.17) is 5.11 Å². The van der Waals surface area contributed by atoms with Gasteiger partial charge in [0.15, 0.2) is 0 Å². The normalized spacial score (nSPS) is 12.6. The first-order valence-electron chi connectivity index (χ1n) is 4.61. The number of nitrogens with one attached hydrogen (secondary N) is 1. The van der Waals surface area contributed by atoms with Crippen molar-refractivity contribution in [2.75, 3.05) is 5.75 Å². The molecule has 0 aromatic heterocycles. The van der Waals surface area contributed by atoms with Crippen LogP contribution in [0.15, 0.2) is 0 Å². The third-order valence-corrected chi connectivity index (χ3v) is 2.57. The highest BCUT2D eigenvalue weighted by Crippen LogP contribution is 2.14. The quantitative estimate of drug-likeness (QED) is 0.702. The fourth-order valence-corrected chi connectivity index (χ4v) is 1.85. The maximum atomic E-state index is 11.5. The summed E-state index contributed by atoms with van der Waals surface area (Å²) < 4.78 is 0. The molecule has 1 amide bonds. The van der Waals surface area contributed by atoms with Gasteiger partial charge in [-0.2, -0.15) is 0 Å². The molecule has 1 atom stereocenters. The number of thioether (sulfide) groups is 1. The monoisotopic (exact) mass is 219 g/mol. The molecule has 0 heterocycles. The number of carbonyl (C=O) groups excluding carboxylic acids is 1. The van der Waals surface area contributed by atoms with Crippen LogP contribution in [-0.2, 0) is 9.59 Å². The standard InChI is InChI=1S/C9H17NO3S/c1-4-14-7(5-8(11)12)9(13)10-6(2)3/h6-7H,4-5H2,1-3H3,(H,10,13)(H,11,12). The van der Waals surface area contributed by atoms with Crippen LogP contribution in [0.4, 0.5) is 0 Å². The molecule has 0 aliphatic rings. The lowest BCUT2D eigenvalue weighted by molar-refractivity contribution is -0.138. The zero-order chi connectivity index (χ0) is 11.1. The van der Waals surface area contributed by atoms with Crippen molar-refractivity contribution in [1.82, 2.24) is 5.32 Å². The molecule has 1 unspecified atom stereocenters. The number of aliphatic carboxylic acids is 1. The molecule has 14 heavy (non-hydrogen) atoms. The lowest BCUT2D eigenvalue weighted by Crippen LogP contribution is -2.38. The van der Waals surface area contributed by atoms with Gasteiger partial charge in [-0.15, -0.1) is 11.8 Å². The second-order valence-corrected chi connectivity index (χ2v) is 4.68. The highest BCUT2D eigenvalue weighted by Gasteiger charge is 2.21. The van der Waals surface area contributed by atoms with Crippen LogP contribution in [0.2, 0.25) is 0 Å². The molecule has 0 fully saturated rings. The Balaban J connectivity index is 4.17. The second-order valence-electron chi connectivity index (χ2n) is 3.21. The summed E-state index contributed by atoms with van der Waals surface area (Å²) >= 11 is 1.36. The lowest BCUT2D eigenvalue weighted by Gasteiger charge is -2.15. The summed E-state index contributed by atoms with van der Waals surface area (Å²) in [5, 5.41) is 10.8. The van der Waals surface area contributed by atoms with Crippen molar-refractivity contribution in [3.8, 4) is 0 Å². The minimum absolute atomic E-state index is 0.0521. The topological polar surface area (TPSA) is 66.4 Å². The minimum Gasteiger partial charge on any atom is -0.481 e. The van der Waals surface area contributed by atoms with Crippen LogP contribution < -0.4 is 5.32 Å². The van der Waals surface area contributed by atoms with Crippen LogP contribution >= 0.6 is 11.8 Å². The van der Waals surface area contributed by atoms with Crippen molar-refractivity contribution in [2.45, 2.75) is 38.5 Å². The van der Waals surface area contributed by atoms with Crippen LogP contribution in [0.1, 0.15) is 27.2 Å². The van der Waals surface area contributed by atoms with Crippen molar-refractivity contribution in [2.24, 2.45) is 0 Å². The smallest absolute Gasteiger partial charge is 0.305 e. The van der Waals surface area contributed by atoms with Crippen molar-refractivity contribution in [1.29, 1.82) is 0 Å². The number of amides is 1. The molecule has 0 radical (unpaired) electrons. The summed E-state index contributed by atoms with van der Waals surface area (Å²) in [6.07, 6.45) is -0.114. The minimum atomic E-state index is -0.935. The van der Waals surface area contributed by atoms with Gasteiger partial charge >= 0.3 is 5.97 Å². The number of carboxylic acid groups (broad SMARTS) is 1. The average molecular weight is 219 g/mol. The van der Waals surface area contributed by atoms with E-state index in [-0.39, 0.29) is 18.4 Å². The van der Waals surface area contributed by atoms with Gasteiger partial charge in [-0.1, -0.05) is 6.92 Å². The van der Waals surface area contributed by atoms with Crippen LogP contribution in [0.3, 0.4) is 0 Å². The largest absolute Gasteiger partial charge is 0.481 e. The summed E-state index contributed by atoms with van der Waals surface area (Å²) in [4.78, 5) is 22.0. The SMILES string of the molecule is CCSC(CC(=O)O)C(=O)NC(C)C. The molecule has 4 nitrogen and oxygen atoms in total. The van der Waals surface area contributed by atoms with Crippen molar-refractivity contribution >= 4 is 23.6 Å². The molecule has 2 N–H and O–H groups in total. The summed E-state index contributed by atoms with van der Waals surface area (Å²) in [6.45, 7) is 5.61. The van der Waals surface area contributed by atoms with Gasteiger partial charge in [-0.3, -0.25) is 9.59 Å². The highest BCUT2D eigenvalue weighted by atomic mass is 32.2. The number of hydrogen-bond acceptors (Lipinski definition) is 3. The fourth-order valence-electron chi connectivity index (χ4n) is 0.965. The Kier molecular flexibility index (Phi) is 6.36. The average Bonchev–Trinajstić information content (AvgIpc) is 2.01. The first-order valence-corrected chi connectivity index (χ1v) is 5.66. The Hall–Kier alpha value is -0.710. The first-order chi connectivity index (χ1) is 6.47. The van der Waals surface area contributed by atoms with E-state index in [1.165, 1.54) is 11.8 Å². The summed E-state index contributed by atoms with van der Waals surface area (Å²) in [5.74, 6) is -0.382. The van der Waals surface area contributed by atoms with Crippen LogP contribution in [0, 0.1) is 0 Å². The third kappa shape index (κ3) is 5.85. The fraction of sp³-hybridized carbons (Fsp3) is 0.778. The molecular formula is C9H17NO3S. The van der Waals surface area contributed by atoms with Gasteiger partial charge < -0.3 is 10.4 Å². The van der Waals surface area contributed by atoms with Crippen molar-refractivity contribution in [3.05, 3.63) is 0 Å². The van der Waals surface area contributed by atoms with E-state index in [0.29, 0.717) is 0 Å². The Morgan fingerprint density at radius 1 is 1.43 bits per heavy atom. The molecule has 82 valence electrons. The Labute approximate surface area is 88.4 Å². The third-order valence-electron chi connectivity index (χ3n) is 1.45. The van der Waals surface area contributed by atoms with Gasteiger partial charge in [-0.25, -0.2) is 0 Å². The maximum absolute atomic E-state index is 11.5. The maximum Gasteiger partial charge on any atom is 0.305 e. The number of carbonyl (C=O) groups is 2. The van der Waals surface area contributed by atoms with Gasteiger partial charge in [0, 0.05) is 6.04 Å². The second kappa shape index (κ2) is 6.70. The zero-order valence-electron chi connectivity index (χ0n) is 8.74. The molecule has 0 aliphatic carbocycles. The van der Waals surface area contributed by atoms with Crippen LogP contribution in [0.5, 0.6) is 0 Å². The number of hydrogen-bond donors (Lipinski definition) is 2. The zero-order valence-corrected chi connectivity index (χ0v) is 9.56. The molecule has 0 saturated carbocycles. The van der Waals surface area contributed by atoms with Crippen molar-refractivity contribution in [3.63, 3.8) is 0 Å². The summed E-state index contributed by atoms with van der Waals surface area (Å²) in [6, 6.07) is 0.0521. The lowest BCUT2D eigenvalue weighted by atomic mass is 10.2. The predicted molar refractivity (Wildman–Crippen MR) is 57.5 cm³/mol. The van der Waals surface area contributed by atoms with Gasteiger partial charge in [0.05, 0.1) is 11.7 Å². The molecule has 0 aliphatic heterocycles. The molecule has 0 spiro atoms. The van der Waals surface area contributed by atoms with E-state index in [1.807, 2.05) is 20.8 Å². The Bertz CT molecular complexity index is 206. The van der Waals surface area contributed by atoms with E-state index in [9.17, 15) is 9.59 Å². The highest BCUT2D eigenvalue weighted by molar-refractivity contribution is 8.00. The summed E-state index contributed by atoms with van der Waals surface area (Å²) in [5.41, 5.74) is 0.